The molecule has 1 heterocycles. The van der Waals surface area contributed by atoms with E-state index in [9.17, 15) is 9.59 Å². The summed E-state index contributed by atoms with van der Waals surface area (Å²) in [6.07, 6.45) is 2.19. The molecule has 3 aromatic rings. The molecule has 1 fully saturated rings. The minimum absolute atomic E-state index is 0.0555. The summed E-state index contributed by atoms with van der Waals surface area (Å²) in [6.45, 7) is 4.10. The van der Waals surface area contributed by atoms with Crippen molar-refractivity contribution in [3.05, 3.63) is 76.6 Å². The molecular weight excluding hydrogens is 412 g/mol. The van der Waals surface area contributed by atoms with E-state index in [4.69, 9.17) is 16.7 Å². The molecular formula is C24H25ClN4O2. The number of para-hydroxylation sites is 1. The molecule has 4 rings (SSSR count). The first-order valence-corrected chi connectivity index (χ1v) is 10.8. The number of amides is 2. The predicted molar refractivity (Wildman–Crippen MR) is 122 cm³/mol. The molecule has 160 valence electrons. The zero-order chi connectivity index (χ0) is 22.0. The molecule has 1 N–H and O–H groups in total. The van der Waals surface area contributed by atoms with Crippen molar-refractivity contribution in [2.45, 2.75) is 32.6 Å². The van der Waals surface area contributed by atoms with Gasteiger partial charge in [-0.1, -0.05) is 35.9 Å². The number of carbonyl (C=O) groups is 2. The number of anilines is 1. The largest absolute Gasteiger partial charge is 0.328 e. The Hall–Kier alpha value is -3.12. The van der Waals surface area contributed by atoms with Crippen LogP contribution < -0.4 is 5.32 Å². The van der Waals surface area contributed by atoms with Gasteiger partial charge in [-0.25, -0.2) is 4.68 Å². The van der Waals surface area contributed by atoms with Crippen LogP contribution in [0.25, 0.3) is 5.69 Å². The van der Waals surface area contributed by atoms with Crippen LogP contribution >= 0.6 is 11.6 Å². The Bertz CT molecular complexity index is 1110. The first-order valence-electron chi connectivity index (χ1n) is 10.5. The Morgan fingerprint density at radius 3 is 2.58 bits per heavy atom. The first-order chi connectivity index (χ1) is 15.0. The maximum absolute atomic E-state index is 13.4. The summed E-state index contributed by atoms with van der Waals surface area (Å²) in [5.41, 5.74) is 3.78. The number of nitrogens with one attached hydrogen (secondary N) is 1. The Labute approximate surface area is 186 Å². The van der Waals surface area contributed by atoms with E-state index < -0.39 is 0 Å². The maximum atomic E-state index is 13.4. The van der Waals surface area contributed by atoms with Crippen LogP contribution in [0.1, 0.15) is 47.4 Å². The number of hydrogen-bond donors (Lipinski definition) is 1. The van der Waals surface area contributed by atoms with Crippen molar-refractivity contribution in [2.75, 3.05) is 18.4 Å². The van der Waals surface area contributed by atoms with E-state index in [1.165, 1.54) is 4.90 Å². The van der Waals surface area contributed by atoms with E-state index in [-0.39, 0.29) is 18.4 Å². The summed E-state index contributed by atoms with van der Waals surface area (Å²) >= 11 is 6.05. The van der Waals surface area contributed by atoms with Crippen molar-refractivity contribution >= 4 is 29.1 Å². The summed E-state index contributed by atoms with van der Waals surface area (Å²) in [7, 11) is 0. The molecule has 1 aliphatic rings. The molecule has 31 heavy (non-hydrogen) atoms. The lowest BCUT2D eigenvalue weighted by Crippen LogP contribution is -2.38. The van der Waals surface area contributed by atoms with Crippen molar-refractivity contribution in [1.29, 1.82) is 0 Å². The van der Waals surface area contributed by atoms with Crippen molar-refractivity contribution in [2.24, 2.45) is 0 Å². The lowest BCUT2D eigenvalue weighted by Gasteiger charge is -2.21. The summed E-state index contributed by atoms with van der Waals surface area (Å²) < 4.78 is 1.69. The molecule has 2 amide bonds. The van der Waals surface area contributed by atoms with Crippen LogP contribution in [0, 0.1) is 6.92 Å². The van der Waals surface area contributed by atoms with E-state index in [2.05, 4.69) is 5.32 Å². The summed E-state index contributed by atoms with van der Waals surface area (Å²) in [5, 5.41) is 8.11. The van der Waals surface area contributed by atoms with Crippen molar-refractivity contribution < 1.29 is 9.59 Å². The Morgan fingerprint density at radius 1 is 1.16 bits per heavy atom. The third-order valence-electron chi connectivity index (χ3n) is 5.42. The zero-order valence-electron chi connectivity index (χ0n) is 17.6. The second-order valence-electron chi connectivity index (χ2n) is 7.80. The van der Waals surface area contributed by atoms with E-state index in [1.54, 1.807) is 16.8 Å². The Balaban J connectivity index is 1.56. The topological polar surface area (TPSA) is 67.2 Å². The number of likely N-dealkylation sites (N-methyl/N-ethyl adjacent to an activating group) is 1. The minimum atomic E-state index is -0.270. The van der Waals surface area contributed by atoms with Crippen LogP contribution in [-0.2, 0) is 4.79 Å². The lowest BCUT2D eigenvalue weighted by atomic mass is 10.2. The monoisotopic (exact) mass is 436 g/mol. The number of rotatable bonds is 7. The molecule has 0 atom stereocenters. The summed E-state index contributed by atoms with van der Waals surface area (Å²) in [5.74, 6) is -0.0711. The minimum Gasteiger partial charge on any atom is -0.328 e. The SMILES string of the molecule is CCN(CC(=O)Nc1cc(Cl)ccc1C)C(=O)c1cc(C2CC2)nn1-c1ccccc1. The fraction of sp³-hybridized carbons (Fsp3) is 0.292. The van der Waals surface area contributed by atoms with Gasteiger partial charge < -0.3 is 10.2 Å². The molecule has 0 spiro atoms. The number of halogens is 1. The maximum Gasteiger partial charge on any atom is 0.273 e. The third-order valence-corrected chi connectivity index (χ3v) is 5.66. The number of nitrogens with zero attached hydrogens (tertiary/aromatic N) is 3. The fourth-order valence-corrected chi connectivity index (χ4v) is 3.65. The molecule has 0 radical (unpaired) electrons. The van der Waals surface area contributed by atoms with Gasteiger partial charge in [0.2, 0.25) is 5.91 Å². The van der Waals surface area contributed by atoms with Crippen LogP contribution in [0.3, 0.4) is 0 Å². The van der Waals surface area contributed by atoms with Crippen molar-refractivity contribution in [1.82, 2.24) is 14.7 Å². The van der Waals surface area contributed by atoms with Gasteiger partial charge in [-0.3, -0.25) is 9.59 Å². The van der Waals surface area contributed by atoms with Crippen molar-refractivity contribution in [3.63, 3.8) is 0 Å². The number of benzene rings is 2. The molecule has 0 aliphatic heterocycles. The molecule has 0 saturated heterocycles. The number of aryl methyl sites for hydroxylation is 1. The van der Waals surface area contributed by atoms with Gasteiger partial charge in [0.05, 0.1) is 11.4 Å². The quantitative estimate of drug-likeness (QED) is 0.577. The van der Waals surface area contributed by atoms with Gasteiger partial charge in [0.1, 0.15) is 12.2 Å². The molecule has 1 aromatic heterocycles. The van der Waals surface area contributed by atoms with Crippen LogP contribution in [0.2, 0.25) is 5.02 Å². The standard InChI is InChI=1S/C24H25ClN4O2/c1-3-28(15-23(30)26-20-13-18(25)12-9-16(20)2)24(31)22-14-21(17-10-11-17)27-29(22)19-7-5-4-6-8-19/h4-9,12-14,17H,3,10-11,15H2,1-2H3,(H,26,30). The number of hydrogen-bond acceptors (Lipinski definition) is 3. The summed E-state index contributed by atoms with van der Waals surface area (Å²) in [4.78, 5) is 27.6. The average molecular weight is 437 g/mol. The van der Waals surface area contributed by atoms with Gasteiger partial charge in [-0.2, -0.15) is 5.10 Å². The van der Waals surface area contributed by atoms with Gasteiger partial charge in [0, 0.05) is 23.2 Å². The van der Waals surface area contributed by atoms with Crippen LogP contribution in [0.5, 0.6) is 0 Å². The second kappa shape index (κ2) is 8.94. The molecule has 2 aromatic carbocycles. The van der Waals surface area contributed by atoms with Gasteiger partial charge in [-0.05, 0) is 62.6 Å². The van der Waals surface area contributed by atoms with Crippen molar-refractivity contribution in [3.8, 4) is 5.69 Å². The van der Waals surface area contributed by atoms with Crippen LogP contribution in [0.4, 0.5) is 5.69 Å². The highest BCUT2D eigenvalue weighted by Crippen LogP contribution is 2.39. The fourth-order valence-electron chi connectivity index (χ4n) is 3.48. The number of carbonyl (C=O) groups excluding carboxylic acids is 2. The third kappa shape index (κ3) is 4.80. The summed E-state index contributed by atoms with van der Waals surface area (Å²) in [6, 6.07) is 16.8. The molecule has 0 unspecified atom stereocenters. The molecule has 7 heteroatoms. The highest BCUT2D eigenvalue weighted by atomic mass is 35.5. The van der Waals surface area contributed by atoms with Gasteiger partial charge >= 0.3 is 0 Å². The van der Waals surface area contributed by atoms with E-state index >= 15 is 0 Å². The second-order valence-corrected chi connectivity index (χ2v) is 8.24. The average Bonchev–Trinajstić information content (AvgIpc) is 3.53. The predicted octanol–water partition coefficient (Wildman–Crippen LogP) is 4.81. The van der Waals surface area contributed by atoms with Gasteiger partial charge in [-0.15, -0.1) is 0 Å². The lowest BCUT2D eigenvalue weighted by molar-refractivity contribution is -0.116. The van der Waals surface area contributed by atoms with E-state index in [0.717, 1.165) is 29.8 Å². The first kappa shape index (κ1) is 21.1. The van der Waals surface area contributed by atoms with Crippen LogP contribution in [0.15, 0.2) is 54.6 Å². The Morgan fingerprint density at radius 2 is 1.90 bits per heavy atom. The van der Waals surface area contributed by atoms with Gasteiger partial charge in [0.25, 0.3) is 5.91 Å². The normalized spacial score (nSPS) is 13.1. The zero-order valence-corrected chi connectivity index (χ0v) is 18.4. The number of aromatic nitrogens is 2. The van der Waals surface area contributed by atoms with Crippen LogP contribution in [-0.4, -0.2) is 39.6 Å². The molecule has 1 saturated carbocycles. The molecule has 6 nitrogen and oxygen atoms in total. The molecule has 0 bridgehead atoms. The highest BCUT2D eigenvalue weighted by molar-refractivity contribution is 6.31. The highest BCUT2D eigenvalue weighted by Gasteiger charge is 2.30. The molecule has 1 aliphatic carbocycles. The Kier molecular flexibility index (Phi) is 6.09. The van der Waals surface area contributed by atoms with Gasteiger partial charge in [0.15, 0.2) is 0 Å². The smallest absolute Gasteiger partial charge is 0.273 e. The van der Waals surface area contributed by atoms with E-state index in [0.29, 0.717) is 28.9 Å². The van der Waals surface area contributed by atoms with E-state index in [1.807, 2.05) is 56.3 Å².